The van der Waals surface area contributed by atoms with Gasteiger partial charge in [0.2, 0.25) is 10.0 Å². The first kappa shape index (κ1) is 15.4. The van der Waals surface area contributed by atoms with E-state index in [1.54, 1.807) is 25.4 Å². The van der Waals surface area contributed by atoms with Crippen LogP contribution in [0.3, 0.4) is 0 Å². The Bertz CT molecular complexity index is 690. The van der Waals surface area contributed by atoms with E-state index in [1.165, 1.54) is 4.31 Å². The van der Waals surface area contributed by atoms with Crippen LogP contribution in [-0.2, 0) is 16.6 Å². The highest BCUT2D eigenvalue weighted by atomic mass is 32.2. The zero-order chi connectivity index (χ0) is 14.8. The van der Waals surface area contributed by atoms with Gasteiger partial charge in [-0.3, -0.25) is 0 Å². The fraction of sp³-hybridized carbons (Fsp3) is 0.429. The summed E-state index contributed by atoms with van der Waals surface area (Å²) in [4.78, 5) is 1.33. The predicted molar refractivity (Wildman–Crippen MR) is 84.7 cm³/mol. The van der Waals surface area contributed by atoms with Crippen molar-refractivity contribution in [1.82, 2.24) is 9.62 Å². The van der Waals surface area contributed by atoms with Gasteiger partial charge in [0.15, 0.2) is 0 Å². The van der Waals surface area contributed by atoms with E-state index in [4.69, 9.17) is 0 Å². The fourth-order valence-corrected chi connectivity index (χ4v) is 4.79. The lowest BCUT2D eigenvalue weighted by atomic mass is 10.2. The molecule has 4 nitrogen and oxygen atoms in total. The summed E-state index contributed by atoms with van der Waals surface area (Å²) in [5.74, 6) is 0. The van der Waals surface area contributed by atoms with Gasteiger partial charge >= 0.3 is 0 Å². The second kappa shape index (κ2) is 6.22. The quantitative estimate of drug-likeness (QED) is 0.834. The molecule has 0 spiro atoms. The average molecular weight is 312 g/mol. The van der Waals surface area contributed by atoms with Crippen LogP contribution in [0.4, 0.5) is 0 Å². The van der Waals surface area contributed by atoms with Gasteiger partial charge in [0.25, 0.3) is 0 Å². The van der Waals surface area contributed by atoms with E-state index in [0.29, 0.717) is 11.4 Å². The largest absolute Gasteiger partial charge is 0.312 e. The van der Waals surface area contributed by atoms with Crippen molar-refractivity contribution in [2.45, 2.75) is 24.8 Å². The van der Waals surface area contributed by atoms with Crippen molar-refractivity contribution in [1.29, 1.82) is 0 Å². The summed E-state index contributed by atoms with van der Waals surface area (Å²) in [5.41, 5.74) is 0. The normalized spacial score (nSPS) is 12.4. The minimum Gasteiger partial charge on any atom is -0.312 e. The Kier molecular flexibility index (Phi) is 4.80. The summed E-state index contributed by atoms with van der Waals surface area (Å²) in [6.07, 6.45) is 1.03. The first-order valence-electron chi connectivity index (χ1n) is 6.62. The molecule has 0 radical (unpaired) electrons. The lowest BCUT2D eigenvalue weighted by molar-refractivity contribution is 0.520. The van der Waals surface area contributed by atoms with Crippen molar-refractivity contribution in [3.05, 3.63) is 29.1 Å². The molecule has 2 rings (SSSR count). The molecule has 20 heavy (non-hydrogen) atoms. The summed E-state index contributed by atoms with van der Waals surface area (Å²) in [5, 5.41) is 4.11. The molecule has 2 aromatic rings. The summed E-state index contributed by atoms with van der Waals surface area (Å²) in [6, 6.07) is 7.67. The Morgan fingerprint density at radius 3 is 2.60 bits per heavy atom. The molecule has 110 valence electrons. The lowest BCUT2D eigenvalue weighted by Crippen LogP contribution is -2.24. The van der Waals surface area contributed by atoms with Crippen molar-refractivity contribution in [3.8, 4) is 0 Å². The molecule has 0 unspecified atom stereocenters. The Labute approximate surface area is 124 Å². The SMILES string of the molecule is CCCNCc1sc2ccccc2c1S(=O)(=O)N(C)C. The van der Waals surface area contributed by atoms with Gasteiger partial charge in [-0.2, -0.15) is 0 Å². The molecule has 1 heterocycles. The third-order valence-corrected chi connectivity index (χ3v) is 6.31. The maximum atomic E-state index is 12.6. The monoisotopic (exact) mass is 312 g/mol. The van der Waals surface area contributed by atoms with Gasteiger partial charge in [0.05, 0.1) is 0 Å². The Balaban J connectivity index is 2.56. The first-order valence-corrected chi connectivity index (χ1v) is 8.87. The van der Waals surface area contributed by atoms with Crippen LogP contribution >= 0.6 is 11.3 Å². The van der Waals surface area contributed by atoms with E-state index in [1.807, 2.05) is 24.3 Å². The summed E-state index contributed by atoms with van der Waals surface area (Å²) in [6.45, 7) is 3.57. The van der Waals surface area contributed by atoms with Crippen molar-refractivity contribution in [2.75, 3.05) is 20.6 Å². The Hall–Kier alpha value is -0.950. The second-order valence-corrected chi connectivity index (χ2v) is 8.04. The van der Waals surface area contributed by atoms with Crippen LogP contribution in [0, 0.1) is 0 Å². The highest BCUT2D eigenvalue weighted by Crippen LogP contribution is 2.35. The fourth-order valence-electron chi connectivity index (χ4n) is 2.03. The number of benzene rings is 1. The minimum absolute atomic E-state index is 0.451. The third kappa shape index (κ3) is 2.88. The molecule has 6 heteroatoms. The molecule has 1 aromatic carbocycles. The van der Waals surface area contributed by atoms with E-state index in [2.05, 4.69) is 12.2 Å². The number of fused-ring (bicyclic) bond motifs is 1. The second-order valence-electron chi connectivity index (χ2n) is 4.81. The molecule has 0 aliphatic heterocycles. The summed E-state index contributed by atoms with van der Waals surface area (Å²) < 4.78 is 27.4. The highest BCUT2D eigenvalue weighted by Gasteiger charge is 2.26. The van der Waals surface area contributed by atoms with Crippen LogP contribution in [-0.4, -0.2) is 33.4 Å². The molecule has 0 aliphatic carbocycles. The van der Waals surface area contributed by atoms with E-state index in [-0.39, 0.29) is 0 Å². The number of thiophene rings is 1. The van der Waals surface area contributed by atoms with E-state index < -0.39 is 10.0 Å². The van der Waals surface area contributed by atoms with Crippen LogP contribution < -0.4 is 5.32 Å². The van der Waals surface area contributed by atoms with Gasteiger partial charge in [-0.15, -0.1) is 11.3 Å². The van der Waals surface area contributed by atoms with Crippen molar-refractivity contribution in [3.63, 3.8) is 0 Å². The van der Waals surface area contributed by atoms with E-state index >= 15 is 0 Å². The molecule has 0 amide bonds. The first-order chi connectivity index (χ1) is 9.48. The van der Waals surface area contributed by atoms with E-state index in [0.717, 1.165) is 27.9 Å². The zero-order valence-corrected chi connectivity index (χ0v) is 13.6. The average Bonchev–Trinajstić information content (AvgIpc) is 2.77. The maximum Gasteiger partial charge on any atom is 0.244 e. The van der Waals surface area contributed by atoms with Crippen LogP contribution in [0.1, 0.15) is 18.2 Å². The number of sulfonamides is 1. The van der Waals surface area contributed by atoms with Gasteiger partial charge < -0.3 is 5.32 Å². The topological polar surface area (TPSA) is 49.4 Å². The molecular formula is C14H20N2O2S2. The molecule has 1 N–H and O–H groups in total. The van der Waals surface area contributed by atoms with Crippen LogP contribution in [0.15, 0.2) is 29.2 Å². The van der Waals surface area contributed by atoms with Crippen LogP contribution in [0.25, 0.3) is 10.1 Å². The zero-order valence-electron chi connectivity index (χ0n) is 12.0. The van der Waals surface area contributed by atoms with Crippen molar-refractivity contribution in [2.24, 2.45) is 0 Å². The van der Waals surface area contributed by atoms with Gasteiger partial charge in [0, 0.05) is 35.6 Å². The highest BCUT2D eigenvalue weighted by molar-refractivity contribution is 7.89. The van der Waals surface area contributed by atoms with Gasteiger partial charge in [0.1, 0.15) is 4.90 Å². The molecule has 0 atom stereocenters. The smallest absolute Gasteiger partial charge is 0.244 e. The molecule has 0 bridgehead atoms. The number of nitrogens with zero attached hydrogens (tertiary/aromatic N) is 1. The number of rotatable bonds is 6. The molecule has 0 fully saturated rings. The van der Waals surface area contributed by atoms with Crippen LogP contribution in [0.2, 0.25) is 0 Å². The Morgan fingerprint density at radius 2 is 1.95 bits per heavy atom. The van der Waals surface area contributed by atoms with E-state index in [9.17, 15) is 8.42 Å². The van der Waals surface area contributed by atoms with Crippen molar-refractivity contribution >= 4 is 31.4 Å². The predicted octanol–water partition coefficient (Wildman–Crippen LogP) is 2.65. The Morgan fingerprint density at radius 1 is 1.25 bits per heavy atom. The van der Waals surface area contributed by atoms with Gasteiger partial charge in [-0.1, -0.05) is 25.1 Å². The van der Waals surface area contributed by atoms with Gasteiger partial charge in [-0.05, 0) is 19.0 Å². The lowest BCUT2D eigenvalue weighted by Gasteiger charge is -2.13. The molecule has 0 aliphatic rings. The standard InChI is InChI=1S/C14H20N2O2S2/c1-4-9-15-10-13-14(20(17,18)16(2)3)11-7-5-6-8-12(11)19-13/h5-8,15H,4,9-10H2,1-3H3. The molecule has 0 saturated carbocycles. The minimum atomic E-state index is -3.42. The maximum absolute atomic E-state index is 12.6. The molecule has 0 saturated heterocycles. The summed E-state index contributed by atoms with van der Waals surface area (Å²) in [7, 11) is -0.275. The molecule has 1 aromatic heterocycles. The third-order valence-electron chi connectivity index (χ3n) is 3.07. The van der Waals surface area contributed by atoms with Crippen molar-refractivity contribution < 1.29 is 8.42 Å². The molecular weight excluding hydrogens is 292 g/mol. The number of nitrogens with one attached hydrogen (secondary N) is 1. The summed E-state index contributed by atoms with van der Waals surface area (Å²) >= 11 is 1.55. The number of hydrogen-bond donors (Lipinski definition) is 1. The van der Waals surface area contributed by atoms with Crippen LogP contribution in [0.5, 0.6) is 0 Å². The number of hydrogen-bond acceptors (Lipinski definition) is 4. The van der Waals surface area contributed by atoms with Gasteiger partial charge in [-0.25, -0.2) is 12.7 Å².